The fraction of sp³-hybridized carbons (Fsp3) is 0.200. The van der Waals surface area contributed by atoms with Gasteiger partial charge >= 0.3 is 0 Å². The molecular weight excluding hydrogens is 988 g/mol. The van der Waals surface area contributed by atoms with E-state index in [9.17, 15) is 0 Å². The average molecular weight is 1060 g/mol. The number of hydrogen-bond acceptors (Lipinski definition) is 2. The van der Waals surface area contributed by atoms with Crippen LogP contribution in [0.4, 0.5) is 0 Å². The molecule has 0 unspecified atom stereocenters. The summed E-state index contributed by atoms with van der Waals surface area (Å²) in [5.74, 6) is 1.18. The molecule has 7 aromatic carbocycles. The van der Waals surface area contributed by atoms with E-state index in [4.69, 9.17) is 34.4 Å². The van der Waals surface area contributed by atoms with Crippen LogP contribution in [0.25, 0.3) is 83.4 Å². The number of hydrogen-bond donors (Lipinski definition) is 0. The van der Waals surface area contributed by atoms with E-state index in [1.54, 1.807) is 85.1 Å². The van der Waals surface area contributed by atoms with Gasteiger partial charge < -0.3 is 13.9 Å². The summed E-state index contributed by atoms with van der Waals surface area (Å²) in [6, 6.07) is 47.9. The Balaban J connectivity index is 0.00000786. The standard InChI is InChI=1S/C60H52N4O.Pt/c1-58(2,3)38-30-31-61-55(34-38)64-52-26-15-14-24-47(52)48-29-28-42(36-54(48)64)65-41-19-16-18-40(35-41)62-37-63-56-50(32-39(59(4,5)6)33-51(56)60(7,8)9)46-23-13-11-21-44(46)43-20-10-12-22-45(43)49-25-17-27-53(62)57(49)63;/h10-34H,1-9H3;/q-2;/i4D3,5D3,6D3,7D3,8D3,9D3;. The minimum Gasteiger partial charge on any atom is -0.510 e. The Morgan fingerprint density at radius 1 is 0.561 bits per heavy atom. The molecule has 4 heterocycles. The van der Waals surface area contributed by atoms with Crippen LogP contribution >= 0.6 is 0 Å². The van der Waals surface area contributed by atoms with Gasteiger partial charge in [-0.1, -0.05) is 164 Å². The maximum atomic E-state index is 9.12. The van der Waals surface area contributed by atoms with Crippen molar-refractivity contribution in [2.45, 2.75) is 78.1 Å². The molecular formula is C60H52N4OPt-2. The second-order valence-corrected chi connectivity index (χ2v) is 17.5. The molecule has 0 N–H and O–H groups in total. The zero-order valence-corrected chi connectivity index (χ0v) is 38.2. The zero-order valence-electron chi connectivity index (χ0n) is 53.9. The summed E-state index contributed by atoms with van der Waals surface area (Å²) < 4.78 is 173. The van der Waals surface area contributed by atoms with Crippen molar-refractivity contribution in [3.05, 3.63) is 187 Å². The third kappa shape index (κ3) is 7.20. The number of imidazole rings is 1. The largest absolute Gasteiger partial charge is 0.510 e. The Labute approximate surface area is 427 Å². The first-order valence-corrected chi connectivity index (χ1v) is 21.1. The Bertz CT molecular complexity index is 4160. The summed E-state index contributed by atoms with van der Waals surface area (Å²) in [4.78, 5) is 4.79. The first kappa shape index (κ1) is 27.2. The molecule has 0 radical (unpaired) electrons. The van der Waals surface area contributed by atoms with Gasteiger partial charge in [0.05, 0.1) is 16.7 Å². The van der Waals surface area contributed by atoms with Gasteiger partial charge in [-0.15, -0.1) is 29.7 Å². The predicted molar refractivity (Wildman–Crippen MR) is 266 cm³/mol. The van der Waals surface area contributed by atoms with Gasteiger partial charge in [0.25, 0.3) is 6.33 Å². The van der Waals surface area contributed by atoms with Crippen molar-refractivity contribution < 1.29 is 55.0 Å². The van der Waals surface area contributed by atoms with Crippen LogP contribution in [0.15, 0.2) is 152 Å². The molecule has 0 atom stereocenters. The molecule has 3 aromatic heterocycles. The Morgan fingerprint density at radius 2 is 1.20 bits per heavy atom. The van der Waals surface area contributed by atoms with Crippen LogP contribution in [0.1, 0.15) is 103 Å². The summed E-state index contributed by atoms with van der Waals surface area (Å²) >= 11 is 0. The van der Waals surface area contributed by atoms with E-state index in [0.29, 0.717) is 50.9 Å². The summed E-state index contributed by atoms with van der Waals surface area (Å²) in [5.41, 5.74) is -5.54. The molecule has 0 fully saturated rings. The van der Waals surface area contributed by atoms with Gasteiger partial charge in [-0.05, 0) is 95.6 Å². The van der Waals surface area contributed by atoms with Crippen molar-refractivity contribution in [3.8, 4) is 62.1 Å². The first-order chi connectivity index (χ1) is 38.6. The number of aromatic nitrogens is 4. The molecule has 0 aliphatic carbocycles. The molecule has 5 nitrogen and oxygen atoms in total. The SMILES string of the molecule is [2H]C([2H])([2H])C(c1cc2c(c(C(C([2H])([2H])[2H])(C([2H])([2H])[2H])C([2H])([2H])[2H])c1)-[n+]1[c-]n(-c3[c-]c(Oc4[c-]c5c(cc4)c4ccccc4n5-c4cc(C(C)(C)C)ccn4)ccc3)c3cccc(c31)-c1ccccc1-c1ccccc1-2)(C([2H])([2H])[2H])C([2H])([2H])[2H].[Pt]. The first-order valence-electron chi connectivity index (χ1n) is 30.1. The summed E-state index contributed by atoms with van der Waals surface area (Å²) in [5, 5.41) is 1.86. The normalized spacial score (nSPS) is 17.7. The van der Waals surface area contributed by atoms with E-state index in [1.165, 1.54) is 15.2 Å². The fourth-order valence-corrected chi connectivity index (χ4v) is 9.13. The van der Waals surface area contributed by atoms with Crippen LogP contribution in [0, 0.1) is 18.5 Å². The predicted octanol–water partition coefficient (Wildman–Crippen LogP) is 14.8. The molecule has 0 spiro atoms. The van der Waals surface area contributed by atoms with Gasteiger partial charge in [0, 0.05) is 69.0 Å². The van der Waals surface area contributed by atoms with Crippen molar-refractivity contribution in [3.63, 3.8) is 0 Å². The summed E-state index contributed by atoms with van der Waals surface area (Å²) in [6.07, 6.45) is 5.07. The van der Waals surface area contributed by atoms with E-state index >= 15 is 0 Å². The molecule has 1 aliphatic heterocycles. The Hall–Kier alpha value is -6.55. The molecule has 0 saturated carbocycles. The van der Waals surface area contributed by atoms with Crippen molar-refractivity contribution in [2.75, 3.05) is 0 Å². The number of rotatable bonds is 4. The molecule has 66 heavy (non-hydrogen) atoms. The number of para-hydroxylation sites is 2. The van der Waals surface area contributed by atoms with E-state index in [2.05, 4.69) is 45.3 Å². The van der Waals surface area contributed by atoms with E-state index in [-0.39, 0.29) is 54.6 Å². The molecule has 0 saturated heterocycles. The third-order valence-corrected chi connectivity index (χ3v) is 12.2. The minimum atomic E-state index is -4.05. The number of fused-ring (bicyclic) bond motifs is 10. The van der Waals surface area contributed by atoms with E-state index in [0.717, 1.165) is 27.9 Å². The van der Waals surface area contributed by atoms with Crippen molar-refractivity contribution in [2.24, 2.45) is 0 Å². The fourth-order valence-electron chi connectivity index (χ4n) is 9.13. The summed E-state index contributed by atoms with van der Waals surface area (Å²) in [6.45, 7) is -17.7. The maximum absolute atomic E-state index is 9.12. The Kier molecular flexibility index (Phi) is 6.51. The molecule has 11 rings (SSSR count). The van der Waals surface area contributed by atoms with Crippen molar-refractivity contribution in [1.29, 1.82) is 0 Å². The number of nitrogens with zero attached hydrogens (tertiary/aromatic N) is 4. The smallest absolute Gasteiger partial charge is 0.268 e. The van der Waals surface area contributed by atoms with Gasteiger partial charge in [-0.2, -0.15) is 18.2 Å². The molecule has 10 aromatic rings. The molecule has 0 amide bonds. The number of ether oxygens (including phenoxy) is 1. The van der Waals surface area contributed by atoms with Gasteiger partial charge in [0.1, 0.15) is 5.82 Å². The van der Waals surface area contributed by atoms with Crippen LogP contribution in [-0.4, -0.2) is 14.1 Å². The minimum absolute atomic E-state index is 0. The van der Waals surface area contributed by atoms with Crippen LogP contribution in [0.5, 0.6) is 11.5 Å². The van der Waals surface area contributed by atoms with E-state index in [1.807, 2.05) is 47.0 Å². The van der Waals surface area contributed by atoms with Crippen molar-refractivity contribution in [1.82, 2.24) is 14.1 Å². The monoisotopic (exact) mass is 1060 g/mol. The van der Waals surface area contributed by atoms with Gasteiger partial charge in [0.2, 0.25) is 0 Å². The molecule has 1 aliphatic rings. The second-order valence-electron chi connectivity index (χ2n) is 17.5. The second kappa shape index (κ2) is 15.8. The van der Waals surface area contributed by atoms with Crippen molar-refractivity contribution >= 4 is 32.8 Å². The van der Waals surface area contributed by atoms with E-state index < -0.39 is 68.8 Å². The molecule has 0 bridgehead atoms. The third-order valence-electron chi connectivity index (χ3n) is 12.2. The van der Waals surface area contributed by atoms with Crippen LogP contribution < -0.4 is 9.30 Å². The quantitative estimate of drug-likeness (QED) is 0.130. The van der Waals surface area contributed by atoms with Crippen LogP contribution in [0.2, 0.25) is 0 Å². The van der Waals surface area contributed by atoms with Gasteiger partial charge in [0.15, 0.2) is 0 Å². The maximum Gasteiger partial charge on any atom is 0.268 e. The van der Waals surface area contributed by atoms with Gasteiger partial charge in [-0.25, -0.2) is 4.98 Å². The number of pyridine rings is 1. The van der Waals surface area contributed by atoms with Crippen LogP contribution in [0.3, 0.4) is 0 Å². The topological polar surface area (TPSA) is 35.9 Å². The number of benzene rings is 7. The molecule has 330 valence electrons. The zero-order chi connectivity index (χ0) is 60.0. The average Bonchev–Trinajstić information content (AvgIpc) is 0.877. The summed E-state index contributed by atoms with van der Waals surface area (Å²) in [7, 11) is 0. The Morgan fingerprint density at radius 3 is 1.92 bits per heavy atom. The van der Waals surface area contributed by atoms with Crippen LogP contribution in [-0.2, 0) is 37.3 Å². The van der Waals surface area contributed by atoms with Gasteiger partial charge in [-0.3, -0.25) is 4.57 Å². The molecule has 6 heteroatoms.